The van der Waals surface area contributed by atoms with Crippen LogP contribution in [0.2, 0.25) is 0 Å². The molecular weight excluding hydrogens is 200 g/mol. The minimum absolute atomic E-state index is 0.193. The predicted octanol–water partition coefficient (Wildman–Crippen LogP) is 0.0394. The molecule has 82 valence electrons. The van der Waals surface area contributed by atoms with Crippen LogP contribution in [0, 0.1) is 0 Å². The van der Waals surface area contributed by atoms with Crippen LogP contribution in [-0.4, -0.2) is 38.3 Å². The predicted molar refractivity (Wildman–Crippen MR) is 50.7 cm³/mol. The first-order valence-corrected chi connectivity index (χ1v) is 4.51. The molecule has 0 fully saturated rings. The van der Waals surface area contributed by atoms with Crippen molar-refractivity contribution in [1.82, 2.24) is 14.8 Å². The molecule has 1 aromatic heterocycles. The lowest BCUT2D eigenvalue weighted by molar-refractivity contribution is -0.135. The molecule has 1 aromatic rings. The molecule has 0 aliphatic heterocycles. The number of hydrogen-bond acceptors (Lipinski definition) is 6. The van der Waals surface area contributed by atoms with Gasteiger partial charge in [0, 0.05) is 6.54 Å². The molecule has 0 unspecified atom stereocenters. The van der Waals surface area contributed by atoms with Crippen molar-refractivity contribution >= 4 is 11.7 Å². The van der Waals surface area contributed by atoms with Gasteiger partial charge in [0.05, 0.1) is 6.61 Å². The summed E-state index contributed by atoms with van der Waals surface area (Å²) < 4.78 is 6.14. The highest BCUT2D eigenvalue weighted by molar-refractivity contribution is 6.42. The summed E-state index contributed by atoms with van der Waals surface area (Å²) in [5.41, 5.74) is -0.240. The summed E-state index contributed by atoms with van der Waals surface area (Å²) in [6.07, 6.45) is 1.28. The Hall–Kier alpha value is -1.92. The van der Waals surface area contributed by atoms with Crippen molar-refractivity contribution in [3.05, 3.63) is 12.2 Å². The van der Waals surface area contributed by atoms with Crippen LogP contribution in [0.25, 0.3) is 0 Å². The van der Waals surface area contributed by atoms with Crippen molar-refractivity contribution < 1.29 is 14.7 Å². The number of carbonyl (C=O) groups is 1. The molecule has 7 nitrogen and oxygen atoms in total. The largest absolute Gasteiger partial charge is 0.461 e. The molecule has 0 bridgehead atoms. The van der Waals surface area contributed by atoms with Crippen molar-refractivity contribution in [2.24, 2.45) is 5.16 Å². The van der Waals surface area contributed by atoms with E-state index < -0.39 is 5.97 Å². The second kappa shape index (κ2) is 5.08. The molecule has 0 saturated carbocycles. The highest BCUT2D eigenvalue weighted by Gasteiger charge is 2.21. The number of aromatic nitrogens is 3. The van der Waals surface area contributed by atoms with E-state index in [1.807, 2.05) is 6.92 Å². The Morgan fingerprint density at radius 1 is 1.67 bits per heavy atom. The highest BCUT2D eigenvalue weighted by Crippen LogP contribution is 1.99. The van der Waals surface area contributed by atoms with Crippen LogP contribution in [0.4, 0.5) is 0 Å². The number of ether oxygens (including phenoxy) is 1. The first-order valence-electron chi connectivity index (χ1n) is 4.51. The van der Waals surface area contributed by atoms with E-state index in [1.165, 1.54) is 11.0 Å². The molecule has 0 radical (unpaired) electrons. The summed E-state index contributed by atoms with van der Waals surface area (Å²) in [6, 6.07) is 0. The van der Waals surface area contributed by atoms with E-state index in [4.69, 9.17) is 9.94 Å². The monoisotopic (exact) mass is 212 g/mol. The van der Waals surface area contributed by atoms with Crippen LogP contribution in [0.3, 0.4) is 0 Å². The summed E-state index contributed by atoms with van der Waals surface area (Å²) in [6.45, 7) is 4.22. The molecule has 0 saturated heterocycles. The van der Waals surface area contributed by atoms with Gasteiger partial charge in [-0.1, -0.05) is 5.16 Å². The average molecular weight is 212 g/mol. The summed E-state index contributed by atoms with van der Waals surface area (Å²) in [5, 5.41) is 15.4. The third kappa shape index (κ3) is 2.30. The minimum atomic E-state index is -0.720. The molecule has 7 heteroatoms. The van der Waals surface area contributed by atoms with E-state index in [9.17, 15) is 4.79 Å². The van der Waals surface area contributed by atoms with E-state index in [1.54, 1.807) is 6.92 Å². The van der Waals surface area contributed by atoms with Crippen LogP contribution < -0.4 is 0 Å². The maximum Gasteiger partial charge on any atom is 0.364 e. The van der Waals surface area contributed by atoms with E-state index in [0.29, 0.717) is 6.54 Å². The van der Waals surface area contributed by atoms with Crippen molar-refractivity contribution in [1.29, 1.82) is 0 Å². The molecule has 1 N–H and O–H groups in total. The molecular formula is C8H12N4O3. The number of oxime groups is 1. The molecule has 0 atom stereocenters. The second-order valence-electron chi connectivity index (χ2n) is 2.57. The zero-order valence-corrected chi connectivity index (χ0v) is 8.54. The summed E-state index contributed by atoms with van der Waals surface area (Å²) in [5.74, 6) is -0.527. The van der Waals surface area contributed by atoms with Gasteiger partial charge >= 0.3 is 5.97 Å². The van der Waals surface area contributed by atoms with Gasteiger partial charge in [-0.05, 0) is 13.8 Å². The Morgan fingerprint density at radius 3 is 2.93 bits per heavy atom. The lowest BCUT2D eigenvalue weighted by Crippen LogP contribution is -2.23. The fraction of sp³-hybridized carbons (Fsp3) is 0.500. The smallest absolute Gasteiger partial charge is 0.364 e. The Labute approximate surface area is 86.4 Å². The highest BCUT2D eigenvalue weighted by atomic mass is 16.5. The molecule has 0 spiro atoms. The van der Waals surface area contributed by atoms with Crippen LogP contribution in [0.1, 0.15) is 19.7 Å². The van der Waals surface area contributed by atoms with Gasteiger partial charge in [-0.15, -0.1) is 0 Å². The van der Waals surface area contributed by atoms with Gasteiger partial charge in [-0.3, -0.25) is 0 Å². The standard InChI is InChI=1S/C8H12N4O3/c1-3-12-7(9-5-10-12)6(11-14)8(13)15-4-2/h5,14H,3-4H2,1-2H3/b11-6+. The van der Waals surface area contributed by atoms with E-state index in [2.05, 4.69) is 15.2 Å². The Balaban J connectivity index is 2.98. The lowest BCUT2D eigenvalue weighted by atomic mass is 10.3. The first kappa shape index (κ1) is 11.2. The molecule has 0 aromatic carbocycles. The molecule has 0 aliphatic rings. The fourth-order valence-electron chi connectivity index (χ4n) is 1.06. The minimum Gasteiger partial charge on any atom is -0.461 e. The number of aryl methyl sites for hydroxylation is 1. The van der Waals surface area contributed by atoms with Crippen LogP contribution in [0.15, 0.2) is 11.5 Å². The first-order chi connectivity index (χ1) is 7.24. The van der Waals surface area contributed by atoms with Gasteiger partial charge in [0.15, 0.2) is 5.82 Å². The van der Waals surface area contributed by atoms with Gasteiger partial charge in [0.25, 0.3) is 0 Å². The number of nitrogens with zero attached hydrogens (tertiary/aromatic N) is 4. The Morgan fingerprint density at radius 2 is 2.40 bits per heavy atom. The Kier molecular flexibility index (Phi) is 3.78. The third-order valence-corrected chi connectivity index (χ3v) is 1.70. The molecule has 0 aliphatic carbocycles. The number of hydrogen-bond donors (Lipinski definition) is 1. The van der Waals surface area contributed by atoms with Crippen molar-refractivity contribution in [2.45, 2.75) is 20.4 Å². The number of esters is 1. The third-order valence-electron chi connectivity index (χ3n) is 1.70. The molecule has 15 heavy (non-hydrogen) atoms. The van der Waals surface area contributed by atoms with Gasteiger partial charge in [-0.2, -0.15) is 5.10 Å². The van der Waals surface area contributed by atoms with E-state index >= 15 is 0 Å². The zero-order chi connectivity index (χ0) is 11.3. The normalized spacial score (nSPS) is 11.5. The fourth-order valence-corrected chi connectivity index (χ4v) is 1.06. The topological polar surface area (TPSA) is 89.6 Å². The maximum absolute atomic E-state index is 11.3. The van der Waals surface area contributed by atoms with Crippen LogP contribution in [0.5, 0.6) is 0 Å². The van der Waals surface area contributed by atoms with E-state index in [0.717, 1.165) is 0 Å². The van der Waals surface area contributed by atoms with Crippen molar-refractivity contribution in [3.8, 4) is 0 Å². The molecule has 1 rings (SSSR count). The number of rotatable bonds is 4. The quantitative estimate of drug-likeness (QED) is 0.329. The summed E-state index contributed by atoms with van der Waals surface area (Å²) in [4.78, 5) is 15.2. The Bertz CT molecular complexity index is 372. The molecule has 0 amide bonds. The van der Waals surface area contributed by atoms with Crippen molar-refractivity contribution in [3.63, 3.8) is 0 Å². The van der Waals surface area contributed by atoms with Gasteiger partial charge in [-0.25, -0.2) is 14.5 Å². The van der Waals surface area contributed by atoms with Gasteiger partial charge in [0.1, 0.15) is 6.33 Å². The maximum atomic E-state index is 11.3. The summed E-state index contributed by atoms with van der Waals surface area (Å²) in [7, 11) is 0. The molecule has 1 heterocycles. The van der Waals surface area contributed by atoms with Gasteiger partial charge < -0.3 is 9.94 Å². The average Bonchev–Trinajstić information content (AvgIpc) is 2.67. The lowest BCUT2D eigenvalue weighted by Gasteiger charge is -2.04. The summed E-state index contributed by atoms with van der Waals surface area (Å²) >= 11 is 0. The van der Waals surface area contributed by atoms with Crippen LogP contribution in [-0.2, 0) is 16.1 Å². The number of carbonyl (C=O) groups excluding carboxylic acids is 1. The van der Waals surface area contributed by atoms with Crippen molar-refractivity contribution in [2.75, 3.05) is 6.61 Å². The SMILES string of the molecule is CCOC(=O)/C(=N/O)c1ncnn1CC. The second-order valence-corrected chi connectivity index (χ2v) is 2.57. The van der Waals surface area contributed by atoms with Crippen LogP contribution >= 0.6 is 0 Å². The zero-order valence-electron chi connectivity index (χ0n) is 8.54. The van der Waals surface area contributed by atoms with Gasteiger partial charge in [0.2, 0.25) is 5.71 Å². The van der Waals surface area contributed by atoms with E-state index in [-0.39, 0.29) is 18.1 Å².